The number of imidazole rings is 1. The Bertz CT molecular complexity index is 413. The average Bonchev–Trinajstić information content (AvgIpc) is 2.94. The van der Waals surface area contributed by atoms with E-state index in [-0.39, 0.29) is 5.91 Å². The van der Waals surface area contributed by atoms with Crippen LogP contribution in [-0.4, -0.2) is 45.5 Å². The van der Waals surface area contributed by atoms with Crippen LogP contribution < -0.4 is 5.32 Å². The number of nitrogens with one attached hydrogen (secondary N) is 1. The van der Waals surface area contributed by atoms with Crippen molar-refractivity contribution >= 4 is 5.91 Å². The maximum atomic E-state index is 12.0. The molecule has 1 N–H and O–H groups in total. The lowest BCUT2D eigenvalue weighted by atomic mass is 10.2. The quantitative estimate of drug-likeness (QED) is 0.868. The van der Waals surface area contributed by atoms with Crippen LogP contribution in [0.3, 0.4) is 0 Å². The van der Waals surface area contributed by atoms with Crippen molar-refractivity contribution in [3.63, 3.8) is 0 Å². The molecule has 0 radical (unpaired) electrons. The normalized spacial score (nSPS) is 20.6. The lowest BCUT2D eigenvalue weighted by Crippen LogP contribution is -2.43. The predicted molar refractivity (Wildman–Crippen MR) is 70.4 cm³/mol. The van der Waals surface area contributed by atoms with Gasteiger partial charge in [0.1, 0.15) is 5.69 Å². The maximum Gasteiger partial charge on any atom is 0.269 e. The van der Waals surface area contributed by atoms with Crippen molar-refractivity contribution in [2.24, 2.45) is 7.05 Å². The Morgan fingerprint density at radius 3 is 3.00 bits per heavy atom. The van der Waals surface area contributed by atoms with Crippen LogP contribution >= 0.6 is 0 Å². The number of aromatic nitrogens is 2. The van der Waals surface area contributed by atoms with Gasteiger partial charge in [-0.25, -0.2) is 4.98 Å². The highest BCUT2D eigenvalue weighted by Crippen LogP contribution is 2.19. The van der Waals surface area contributed by atoms with E-state index in [0.717, 1.165) is 13.1 Å². The Labute approximate surface area is 108 Å². The molecule has 0 unspecified atom stereocenters. The van der Waals surface area contributed by atoms with Crippen molar-refractivity contribution in [1.29, 1.82) is 0 Å². The summed E-state index contributed by atoms with van der Waals surface area (Å²) in [7, 11) is 1.83. The van der Waals surface area contributed by atoms with Gasteiger partial charge in [-0.05, 0) is 33.2 Å². The van der Waals surface area contributed by atoms with Crippen molar-refractivity contribution in [3.05, 3.63) is 18.2 Å². The van der Waals surface area contributed by atoms with Gasteiger partial charge in [0.2, 0.25) is 0 Å². The second-order valence-corrected chi connectivity index (χ2v) is 5.23. The molecule has 0 aromatic carbocycles. The first-order chi connectivity index (χ1) is 8.59. The zero-order valence-corrected chi connectivity index (χ0v) is 11.4. The van der Waals surface area contributed by atoms with E-state index in [1.165, 1.54) is 12.8 Å². The summed E-state index contributed by atoms with van der Waals surface area (Å²) in [6.07, 6.45) is 5.64. The number of rotatable bonds is 4. The van der Waals surface area contributed by atoms with Crippen molar-refractivity contribution in [3.8, 4) is 0 Å². The van der Waals surface area contributed by atoms with Crippen LogP contribution in [0.25, 0.3) is 0 Å². The van der Waals surface area contributed by atoms with E-state index in [9.17, 15) is 4.79 Å². The number of likely N-dealkylation sites (tertiary alicyclic amines) is 1. The molecule has 0 spiro atoms. The monoisotopic (exact) mass is 250 g/mol. The molecule has 5 nitrogen and oxygen atoms in total. The number of hydrogen-bond donors (Lipinski definition) is 1. The van der Waals surface area contributed by atoms with E-state index in [1.54, 1.807) is 17.1 Å². The van der Waals surface area contributed by atoms with E-state index < -0.39 is 0 Å². The predicted octanol–water partition coefficient (Wildman–Crippen LogP) is 1.02. The second kappa shape index (κ2) is 5.52. The molecule has 1 aromatic rings. The number of carbonyl (C=O) groups is 1. The molecule has 1 fully saturated rings. The summed E-state index contributed by atoms with van der Waals surface area (Å²) < 4.78 is 1.74. The summed E-state index contributed by atoms with van der Waals surface area (Å²) in [6.45, 7) is 6.29. The van der Waals surface area contributed by atoms with Crippen LogP contribution in [0, 0.1) is 0 Å². The molecule has 1 amide bonds. The van der Waals surface area contributed by atoms with E-state index >= 15 is 0 Å². The molecule has 1 aliphatic heterocycles. The van der Waals surface area contributed by atoms with Crippen LogP contribution in [0.5, 0.6) is 0 Å². The standard InChI is InChI=1S/C13H22N4O/c1-10(2)17-6-4-5-11(17)7-15-13(18)12-8-14-9-16(12)3/h8-11H,4-7H2,1-3H3,(H,15,18)/t11-/m0/s1. The van der Waals surface area contributed by atoms with Crippen molar-refractivity contribution in [2.45, 2.75) is 38.8 Å². The summed E-state index contributed by atoms with van der Waals surface area (Å²) in [5.41, 5.74) is 0.615. The Kier molecular flexibility index (Phi) is 4.01. The molecular formula is C13H22N4O. The first kappa shape index (κ1) is 13.1. The fourth-order valence-corrected chi connectivity index (χ4v) is 2.63. The van der Waals surface area contributed by atoms with E-state index in [1.807, 2.05) is 7.05 Å². The Balaban J connectivity index is 1.88. The van der Waals surface area contributed by atoms with Gasteiger partial charge in [0, 0.05) is 25.7 Å². The van der Waals surface area contributed by atoms with Gasteiger partial charge in [-0.15, -0.1) is 0 Å². The molecule has 2 rings (SSSR count). The third kappa shape index (κ3) is 2.72. The van der Waals surface area contributed by atoms with Crippen LogP contribution in [-0.2, 0) is 7.05 Å². The molecule has 5 heteroatoms. The SMILES string of the molecule is CC(C)N1CCC[C@H]1CNC(=O)c1cncn1C. The summed E-state index contributed by atoms with van der Waals surface area (Å²) in [6, 6.07) is 1.02. The van der Waals surface area contributed by atoms with Crippen molar-refractivity contribution in [2.75, 3.05) is 13.1 Å². The van der Waals surface area contributed by atoms with Gasteiger partial charge in [-0.1, -0.05) is 0 Å². The summed E-state index contributed by atoms with van der Waals surface area (Å²) in [5, 5.41) is 3.01. The Morgan fingerprint density at radius 1 is 1.61 bits per heavy atom. The minimum atomic E-state index is -0.0365. The smallest absolute Gasteiger partial charge is 0.269 e. The average molecular weight is 250 g/mol. The van der Waals surface area contributed by atoms with Gasteiger partial charge in [-0.2, -0.15) is 0 Å². The molecule has 1 saturated heterocycles. The second-order valence-electron chi connectivity index (χ2n) is 5.23. The highest BCUT2D eigenvalue weighted by molar-refractivity contribution is 5.92. The highest BCUT2D eigenvalue weighted by atomic mass is 16.1. The summed E-state index contributed by atoms with van der Waals surface area (Å²) in [4.78, 5) is 18.4. The zero-order chi connectivity index (χ0) is 13.1. The molecular weight excluding hydrogens is 228 g/mol. The molecule has 0 saturated carbocycles. The fraction of sp³-hybridized carbons (Fsp3) is 0.692. The zero-order valence-electron chi connectivity index (χ0n) is 11.4. The lowest BCUT2D eigenvalue weighted by molar-refractivity contribution is 0.0927. The molecule has 1 aliphatic rings. The van der Waals surface area contributed by atoms with Gasteiger partial charge in [0.25, 0.3) is 5.91 Å². The number of carbonyl (C=O) groups excluding carboxylic acids is 1. The van der Waals surface area contributed by atoms with Crippen LogP contribution in [0.4, 0.5) is 0 Å². The van der Waals surface area contributed by atoms with Crippen LogP contribution in [0.2, 0.25) is 0 Å². The molecule has 2 heterocycles. The number of nitrogens with zero attached hydrogens (tertiary/aromatic N) is 3. The fourth-order valence-electron chi connectivity index (χ4n) is 2.63. The van der Waals surface area contributed by atoms with Gasteiger partial charge < -0.3 is 9.88 Å². The van der Waals surface area contributed by atoms with Gasteiger partial charge in [0.15, 0.2) is 0 Å². The van der Waals surface area contributed by atoms with Crippen LogP contribution in [0.15, 0.2) is 12.5 Å². The number of aryl methyl sites for hydroxylation is 1. The van der Waals surface area contributed by atoms with Gasteiger partial charge in [0.05, 0.1) is 12.5 Å². The molecule has 0 aliphatic carbocycles. The van der Waals surface area contributed by atoms with Crippen molar-refractivity contribution in [1.82, 2.24) is 19.8 Å². The number of hydrogen-bond acceptors (Lipinski definition) is 3. The molecule has 1 atom stereocenters. The minimum absolute atomic E-state index is 0.0365. The third-order valence-corrected chi connectivity index (χ3v) is 3.63. The van der Waals surface area contributed by atoms with E-state index in [4.69, 9.17) is 0 Å². The first-order valence-corrected chi connectivity index (χ1v) is 6.60. The summed E-state index contributed by atoms with van der Waals surface area (Å²) in [5.74, 6) is -0.0365. The van der Waals surface area contributed by atoms with E-state index in [0.29, 0.717) is 17.8 Å². The Hall–Kier alpha value is -1.36. The molecule has 100 valence electrons. The van der Waals surface area contributed by atoms with Gasteiger partial charge in [-0.3, -0.25) is 9.69 Å². The maximum absolute atomic E-state index is 12.0. The van der Waals surface area contributed by atoms with Crippen LogP contribution in [0.1, 0.15) is 37.2 Å². The number of amides is 1. The largest absolute Gasteiger partial charge is 0.349 e. The topological polar surface area (TPSA) is 50.2 Å². The Morgan fingerprint density at radius 2 is 2.39 bits per heavy atom. The molecule has 1 aromatic heterocycles. The lowest BCUT2D eigenvalue weighted by Gasteiger charge is -2.28. The third-order valence-electron chi connectivity index (χ3n) is 3.63. The first-order valence-electron chi connectivity index (χ1n) is 6.60. The minimum Gasteiger partial charge on any atom is -0.349 e. The molecule has 18 heavy (non-hydrogen) atoms. The summed E-state index contributed by atoms with van der Waals surface area (Å²) >= 11 is 0. The van der Waals surface area contributed by atoms with E-state index in [2.05, 4.69) is 29.0 Å². The van der Waals surface area contributed by atoms with Crippen molar-refractivity contribution < 1.29 is 4.79 Å². The molecule has 0 bridgehead atoms. The highest BCUT2D eigenvalue weighted by Gasteiger charge is 2.26. The van der Waals surface area contributed by atoms with Gasteiger partial charge >= 0.3 is 0 Å².